The molecule has 1 aromatic carbocycles. The number of nitrogens with zero attached hydrogens (tertiary/aromatic N) is 2. The van der Waals surface area contributed by atoms with Crippen molar-refractivity contribution in [1.82, 2.24) is 4.90 Å². The van der Waals surface area contributed by atoms with Crippen molar-refractivity contribution in [1.29, 1.82) is 0 Å². The average Bonchev–Trinajstić information content (AvgIpc) is 3.02. The number of rotatable bonds is 5. The summed E-state index contributed by atoms with van der Waals surface area (Å²) in [6.07, 6.45) is -0.512. The third-order valence-electron chi connectivity index (χ3n) is 4.95. The largest absolute Gasteiger partial charge is 0.495 e. The Morgan fingerprint density at radius 3 is 2.81 bits per heavy atom. The predicted octanol–water partition coefficient (Wildman–Crippen LogP) is 1.06. The van der Waals surface area contributed by atoms with E-state index in [0.717, 1.165) is 5.56 Å². The van der Waals surface area contributed by atoms with Gasteiger partial charge in [0.05, 0.1) is 37.8 Å². The molecule has 2 amide bonds. The highest BCUT2D eigenvalue weighted by Gasteiger charge is 2.39. The molecule has 1 N–H and O–H groups in total. The molecule has 0 aliphatic carbocycles. The fraction of sp³-hybridized carbons (Fsp3) is 0.526. The molecule has 8 heteroatoms. The summed E-state index contributed by atoms with van der Waals surface area (Å²) in [5.41, 5.74) is 1.67. The SMILES string of the molecule is COc1ccc(C)cc1N1CC(C(=O)N2CCOC(CC(=O)O)C2)CC1=O. The van der Waals surface area contributed by atoms with Crippen LogP contribution in [0.2, 0.25) is 0 Å². The Labute approximate surface area is 157 Å². The van der Waals surface area contributed by atoms with Gasteiger partial charge >= 0.3 is 5.97 Å². The molecule has 0 radical (unpaired) electrons. The quantitative estimate of drug-likeness (QED) is 0.825. The van der Waals surface area contributed by atoms with E-state index in [2.05, 4.69) is 0 Å². The topological polar surface area (TPSA) is 96.4 Å². The highest BCUT2D eigenvalue weighted by molar-refractivity contribution is 6.01. The number of hydrogen-bond acceptors (Lipinski definition) is 5. The number of carbonyl (C=O) groups excluding carboxylic acids is 2. The molecule has 0 bridgehead atoms. The summed E-state index contributed by atoms with van der Waals surface area (Å²) in [7, 11) is 1.55. The van der Waals surface area contributed by atoms with Crippen LogP contribution in [0.15, 0.2) is 18.2 Å². The van der Waals surface area contributed by atoms with Crippen LogP contribution < -0.4 is 9.64 Å². The Kier molecular flexibility index (Phi) is 5.65. The van der Waals surface area contributed by atoms with Crippen LogP contribution in [0.3, 0.4) is 0 Å². The molecular formula is C19H24N2O6. The monoisotopic (exact) mass is 376 g/mol. The van der Waals surface area contributed by atoms with E-state index in [4.69, 9.17) is 14.6 Å². The molecule has 3 rings (SSSR count). The maximum absolute atomic E-state index is 12.9. The molecule has 2 aliphatic rings. The Bertz CT molecular complexity index is 750. The molecule has 2 unspecified atom stereocenters. The summed E-state index contributed by atoms with van der Waals surface area (Å²) in [5, 5.41) is 8.92. The number of amides is 2. The summed E-state index contributed by atoms with van der Waals surface area (Å²) in [4.78, 5) is 39.5. The van der Waals surface area contributed by atoms with Crippen LogP contribution in [0.4, 0.5) is 5.69 Å². The van der Waals surface area contributed by atoms with E-state index in [9.17, 15) is 14.4 Å². The van der Waals surface area contributed by atoms with E-state index >= 15 is 0 Å². The van der Waals surface area contributed by atoms with Gasteiger partial charge in [0.25, 0.3) is 0 Å². The minimum Gasteiger partial charge on any atom is -0.495 e. The number of ether oxygens (including phenoxy) is 2. The minimum atomic E-state index is -0.955. The maximum Gasteiger partial charge on any atom is 0.306 e. The molecule has 146 valence electrons. The summed E-state index contributed by atoms with van der Waals surface area (Å²) in [5.74, 6) is -1.06. The fourth-order valence-corrected chi connectivity index (χ4v) is 3.61. The second-order valence-electron chi connectivity index (χ2n) is 6.96. The van der Waals surface area contributed by atoms with E-state index in [1.54, 1.807) is 16.9 Å². The first-order valence-corrected chi connectivity index (χ1v) is 8.96. The van der Waals surface area contributed by atoms with Gasteiger partial charge in [-0.3, -0.25) is 14.4 Å². The smallest absolute Gasteiger partial charge is 0.306 e. The molecule has 2 heterocycles. The third-order valence-corrected chi connectivity index (χ3v) is 4.95. The fourth-order valence-electron chi connectivity index (χ4n) is 3.61. The first-order valence-electron chi connectivity index (χ1n) is 8.96. The van der Waals surface area contributed by atoms with Crippen molar-refractivity contribution in [3.8, 4) is 5.75 Å². The van der Waals surface area contributed by atoms with Crippen molar-refractivity contribution in [3.05, 3.63) is 23.8 Å². The first kappa shape index (κ1) is 19.2. The predicted molar refractivity (Wildman–Crippen MR) is 96.8 cm³/mol. The highest BCUT2D eigenvalue weighted by Crippen LogP contribution is 2.34. The number of aliphatic carboxylic acids is 1. The van der Waals surface area contributed by atoms with Crippen molar-refractivity contribution in [2.45, 2.75) is 25.9 Å². The van der Waals surface area contributed by atoms with Crippen molar-refractivity contribution in [3.63, 3.8) is 0 Å². The number of carboxylic acids is 1. The van der Waals surface area contributed by atoms with Gasteiger partial charge in [-0.2, -0.15) is 0 Å². The van der Waals surface area contributed by atoms with E-state index in [1.165, 1.54) is 0 Å². The van der Waals surface area contributed by atoms with Crippen LogP contribution in [-0.2, 0) is 19.1 Å². The van der Waals surface area contributed by atoms with Gasteiger partial charge in [0, 0.05) is 26.1 Å². The van der Waals surface area contributed by atoms with Crippen LogP contribution in [0.5, 0.6) is 5.75 Å². The molecule has 0 saturated carbocycles. The number of anilines is 1. The Hall–Kier alpha value is -2.61. The zero-order chi connectivity index (χ0) is 19.6. The number of carboxylic acid groups (broad SMARTS) is 1. The summed E-state index contributed by atoms with van der Waals surface area (Å²) < 4.78 is 10.8. The van der Waals surface area contributed by atoms with Gasteiger partial charge in [0.1, 0.15) is 5.75 Å². The third kappa shape index (κ3) is 4.21. The van der Waals surface area contributed by atoms with Gasteiger partial charge in [-0.05, 0) is 24.6 Å². The van der Waals surface area contributed by atoms with Crippen molar-refractivity contribution in [2.24, 2.45) is 5.92 Å². The summed E-state index contributed by atoms with van der Waals surface area (Å²) in [6.45, 7) is 3.18. The maximum atomic E-state index is 12.9. The lowest BCUT2D eigenvalue weighted by Gasteiger charge is -2.33. The normalized spacial score (nSPS) is 22.8. The molecule has 2 atom stereocenters. The van der Waals surface area contributed by atoms with Gasteiger partial charge in [-0.25, -0.2) is 0 Å². The van der Waals surface area contributed by atoms with Gasteiger partial charge in [0.15, 0.2) is 0 Å². The number of hydrogen-bond donors (Lipinski definition) is 1. The minimum absolute atomic E-state index is 0.118. The molecule has 1 aromatic rings. The molecule has 0 aromatic heterocycles. The molecule has 2 fully saturated rings. The van der Waals surface area contributed by atoms with E-state index in [1.807, 2.05) is 25.1 Å². The number of methoxy groups -OCH3 is 1. The van der Waals surface area contributed by atoms with E-state index in [-0.39, 0.29) is 31.2 Å². The van der Waals surface area contributed by atoms with Crippen LogP contribution in [0.25, 0.3) is 0 Å². The first-order chi connectivity index (χ1) is 12.9. The number of aryl methyl sites for hydroxylation is 1. The second-order valence-corrected chi connectivity index (χ2v) is 6.96. The average molecular weight is 376 g/mol. The number of benzene rings is 1. The standard InChI is InChI=1S/C19H24N2O6/c1-12-3-4-16(26-2)15(7-12)21-10-13(8-17(21)22)19(25)20-5-6-27-14(11-20)9-18(23)24/h3-4,7,13-14H,5-6,8-11H2,1-2H3,(H,23,24). The van der Waals surface area contributed by atoms with Crippen LogP contribution in [0, 0.1) is 12.8 Å². The Morgan fingerprint density at radius 2 is 2.11 bits per heavy atom. The molecule has 2 aliphatic heterocycles. The number of morpholine rings is 1. The van der Waals surface area contributed by atoms with Gasteiger partial charge in [0.2, 0.25) is 11.8 Å². The molecule has 0 spiro atoms. The zero-order valence-corrected chi connectivity index (χ0v) is 15.5. The number of carbonyl (C=O) groups is 3. The second kappa shape index (κ2) is 7.96. The van der Waals surface area contributed by atoms with E-state index in [0.29, 0.717) is 31.1 Å². The lowest BCUT2D eigenvalue weighted by Crippen LogP contribution is -2.48. The van der Waals surface area contributed by atoms with E-state index < -0.39 is 18.0 Å². The lowest BCUT2D eigenvalue weighted by atomic mass is 10.1. The molecule has 8 nitrogen and oxygen atoms in total. The van der Waals surface area contributed by atoms with Crippen LogP contribution >= 0.6 is 0 Å². The summed E-state index contributed by atoms with van der Waals surface area (Å²) >= 11 is 0. The highest BCUT2D eigenvalue weighted by atomic mass is 16.5. The Balaban J connectivity index is 1.71. The zero-order valence-electron chi connectivity index (χ0n) is 15.5. The van der Waals surface area contributed by atoms with Crippen molar-refractivity contribution in [2.75, 3.05) is 38.3 Å². The van der Waals surface area contributed by atoms with Crippen molar-refractivity contribution < 1.29 is 29.0 Å². The van der Waals surface area contributed by atoms with Crippen molar-refractivity contribution >= 4 is 23.5 Å². The van der Waals surface area contributed by atoms with Crippen LogP contribution in [-0.4, -0.2) is 67.2 Å². The van der Waals surface area contributed by atoms with Crippen LogP contribution in [0.1, 0.15) is 18.4 Å². The van der Waals surface area contributed by atoms with Gasteiger partial charge < -0.3 is 24.4 Å². The van der Waals surface area contributed by atoms with Gasteiger partial charge in [-0.1, -0.05) is 6.07 Å². The lowest BCUT2D eigenvalue weighted by molar-refractivity contribution is -0.149. The molecule has 27 heavy (non-hydrogen) atoms. The Morgan fingerprint density at radius 1 is 1.33 bits per heavy atom. The molecular weight excluding hydrogens is 352 g/mol. The molecule has 2 saturated heterocycles. The summed E-state index contributed by atoms with van der Waals surface area (Å²) in [6, 6.07) is 5.59. The van der Waals surface area contributed by atoms with Gasteiger partial charge in [-0.15, -0.1) is 0 Å².